The third kappa shape index (κ3) is 7.34. The fourth-order valence-electron chi connectivity index (χ4n) is 0.605. The highest BCUT2D eigenvalue weighted by Crippen LogP contribution is 1.95. The first-order valence-electron chi connectivity index (χ1n) is 3.32. The number of nitroso groups, excluding NO2 is 1. The summed E-state index contributed by atoms with van der Waals surface area (Å²) in [7, 11) is 0. The summed E-state index contributed by atoms with van der Waals surface area (Å²) in [6, 6.07) is 0. The Morgan fingerprint density at radius 1 is 1.44 bits per heavy atom. The van der Waals surface area contributed by atoms with Crippen LogP contribution < -0.4 is 0 Å². The van der Waals surface area contributed by atoms with Gasteiger partial charge in [0.15, 0.2) is 0 Å². The van der Waals surface area contributed by atoms with Crippen LogP contribution in [0.3, 0.4) is 0 Å². The van der Waals surface area contributed by atoms with Gasteiger partial charge in [0.1, 0.15) is 0 Å². The molecule has 0 fully saturated rings. The van der Waals surface area contributed by atoms with Gasteiger partial charge in [0.2, 0.25) is 0 Å². The molecule has 0 saturated heterocycles. The predicted octanol–water partition coefficient (Wildman–Crippen LogP) is 2.50. The normalized spacial score (nSPS) is 10.3. The molecule has 52 valence electrons. The summed E-state index contributed by atoms with van der Waals surface area (Å²) < 4.78 is 0. The van der Waals surface area contributed by atoms with E-state index in [1.54, 1.807) is 0 Å². The summed E-state index contributed by atoms with van der Waals surface area (Å²) in [6.45, 7) is 2.47. The van der Waals surface area contributed by atoms with Crippen molar-refractivity contribution in [2.75, 3.05) is 6.54 Å². The highest BCUT2D eigenvalue weighted by Gasteiger charge is 1.82. The average Bonchev–Trinajstić information content (AvgIpc) is 1.89. The monoisotopic (exact) mass is 127 g/mol. The average molecular weight is 127 g/mol. The molecular formula is C7H13NO. The Morgan fingerprint density at radius 3 is 2.78 bits per heavy atom. The maximum Gasteiger partial charge on any atom is 0.0811 e. The lowest BCUT2D eigenvalue weighted by atomic mass is 10.2. The van der Waals surface area contributed by atoms with Crippen molar-refractivity contribution >= 4 is 0 Å². The number of nitrogens with zero attached hydrogens (tertiary/aromatic N) is 1. The zero-order chi connectivity index (χ0) is 6.95. The van der Waals surface area contributed by atoms with Gasteiger partial charge in [-0.3, -0.25) is 0 Å². The van der Waals surface area contributed by atoms with Gasteiger partial charge >= 0.3 is 0 Å². The molecule has 0 aromatic rings. The molecule has 0 radical (unpaired) electrons. The Bertz CT molecular complexity index is 88.9. The molecule has 0 aliphatic carbocycles. The Morgan fingerprint density at radius 2 is 2.22 bits per heavy atom. The van der Waals surface area contributed by atoms with Crippen LogP contribution >= 0.6 is 0 Å². The molecule has 0 atom stereocenters. The number of hydrogen-bond donors (Lipinski definition) is 0. The van der Waals surface area contributed by atoms with Gasteiger partial charge in [-0.15, -0.1) is 0 Å². The molecule has 0 aromatic heterocycles. The highest BCUT2D eigenvalue weighted by molar-refractivity contribution is 4.76. The maximum absolute atomic E-state index is 9.57. The Balaban J connectivity index is 2.82. The molecule has 0 N–H and O–H groups in total. The van der Waals surface area contributed by atoms with Crippen molar-refractivity contribution in [3.05, 3.63) is 17.1 Å². The van der Waals surface area contributed by atoms with E-state index in [4.69, 9.17) is 0 Å². The quantitative estimate of drug-likeness (QED) is 0.317. The molecule has 0 heterocycles. The second-order valence-corrected chi connectivity index (χ2v) is 1.92. The van der Waals surface area contributed by atoms with Gasteiger partial charge in [0.05, 0.1) is 6.54 Å². The van der Waals surface area contributed by atoms with Crippen LogP contribution in [0.15, 0.2) is 17.3 Å². The lowest BCUT2D eigenvalue weighted by Crippen LogP contribution is -1.77. The van der Waals surface area contributed by atoms with Crippen molar-refractivity contribution in [2.45, 2.75) is 26.2 Å². The van der Waals surface area contributed by atoms with Gasteiger partial charge in [-0.25, -0.2) is 0 Å². The largest absolute Gasteiger partial charge is 0.151 e. The number of rotatable bonds is 5. The molecule has 0 aliphatic rings. The van der Waals surface area contributed by atoms with E-state index in [0.29, 0.717) is 6.54 Å². The Hall–Kier alpha value is -0.660. The molecule has 0 saturated carbocycles. The van der Waals surface area contributed by atoms with Gasteiger partial charge in [0.25, 0.3) is 0 Å². The van der Waals surface area contributed by atoms with Gasteiger partial charge in [0, 0.05) is 0 Å². The molecule has 0 spiro atoms. The second-order valence-electron chi connectivity index (χ2n) is 1.92. The van der Waals surface area contributed by atoms with Crippen LogP contribution in [0.2, 0.25) is 0 Å². The van der Waals surface area contributed by atoms with Crippen LogP contribution in [0, 0.1) is 4.91 Å². The van der Waals surface area contributed by atoms with E-state index in [1.807, 2.05) is 13.0 Å². The molecule has 0 bridgehead atoms. The Kier molecular flexibility index (Phi) is 6.80. The zero-order valence-electron chi connectivity index (χ0n) is 5.84. The van der Waals surface area contributed by atoms with Gasteiger partial charge in [-0.2, -0.15) is 4.91 Å². The van der Waals surface area contributed by atoms with Crippen molar-refractivity contribution < 1.29 is 0 Å². The van der Waals surface area contributed by atoms with Gasteiger partial charge < -0.3 is 0 Å². The molecule has 2 heteroatoms. The SMILES string of the molecule is C/C=C\CCCCN=O. The smallest absolute Gasteiger partial charge is 0.0811 e. The van der Waals surface area contributed by atoms with Crippen molar-refractivity contribution in [1.82, 2.24) is 0 Å². The van der Waals surface area contributed by atoms with Crippen LogP contribution in [-0.2, 0) is 0 Å². The molecule has 0 amide bonds. The molecule has 2 nitrogen and oxygen atoms in total. The fourth-order valence-corrected chi connectivity index (χ4v) is 0.605. The first-order valence-corrected chi connectivity index (χ1v) is 3.32. The van der Waals surface area contributed by atoms with E-state index in [0.717, 1.165) is 19.3 Å². The molecule has 0 unspecified atom stereocenters. The first-order chi connectivity index (χ1) is 4.41. The summed E-state index contributed by atoms with van der Waals surface area (Å²) in [4.78, 5) is 9.57. The van der Waals surface area contributed by atoms with E-state index >= 15 is 0 Å². The lowest BCUT2D eigenvalue weighted by molar-refractivity contribution is 0.756. The van der Waals surface area contributed by atoms with E-state index < -0.39 is 0 Å². The minimum Gasteiger partial charge on any atom is -0.151 e. The zero-order valence-corrected chi connectivity index (χ0v) is 5.84. The van der Waals surface area contributed by atoms with Crippen molar-refractivity contribution in [2.24, 2.45) is 5.18 Å². The fraction of sp³-hybridized carbons (Fsp3) is 0.714. The minimum absolute atomic E-state index is 0.470. The summed E-state index contributed by atoms with van der Waals surface area (Å²) in [5.41, 5.74) is 0. The maximum atomic E-state index is 9.57. The summed E-state index contributed by atoms with van der Waals surface area (Å²) in [6.07, 6.45) is 7.20. The molecule has 0 rings (SSSR count). The van der Waals surface area contributed by atoms with E-state index in [9.17, 15) is 4.91 Å². The molecular weight excluding hydrogens is 114 g/mol. The van der Waals surface area contributed by atoms with Crippen molar-refractivity contribution in [1.29, 1.82) is 0 Å². The minimum atomic E-state index is 0.470. The third-order valence-corrected chi connectivity index (χ3v) is 1.11. The first kappa shape index (κ1) is 8.34. The van der Waals surface area contributed by atoms with Gasteiger partial charge in [-0.1, -0.05) is 17.3 Å². The molecule has 0 aliphatic heterocycles. The Labute approximate surface area is 55.9 Å². The van der Waals surface area contributed by atoms with Crippen molar-refractivity contribution in [3.8, 4) is 0 Å². The third-order valence-electron chi connectivity index (χ3n) is 1.11. The van der Waals surface area contributed by atoms with Crippen LogP contribution in [0.1, 0.15) is 26.2 Å². The number of unbranched alkanes of at least 4 members (excludes halogenated alkanes) is 2. The van der Waals surface area contributed by atoms with Crippen LogP contribution in [0.25, 0.3) is 0 Å². The van der Waals surface area contributed by atoms with E-state index in [-0.39, 0.29) is 0 Å². The van der Waals surface area contributed by atoms with Crippen molar-refractivity contribution in [3.63, 3.8) is 0 Å². The highest BCUT2D eigenvalue weighted by atomic mass is 16.3. The van der Waals surface area contributed by atoms with E-state index in [1.165, 1.54) is 0 Å². The summed E-state index contributed by atoms with van der Waals surface area (Å²) >= 11 is 0. The molecule has 0 aromatic carbocycles. The van der Waals surface area contributed by atoms with E-state index in [2.05, 4.69) is 11.3 Å². The number of hydrogen-bond acceptors (Lipinski definition) is 2. The predicted molar refractivity (Wildman–Crippen MR) is 39.3 cm³/mol. The number of allylic oxidation sites excluding steroid dienone is 2. The summed E-state index contributed by atoms with van der Waals surface area (Å²) in [5.74, 6) is 0. The topological polar surface area (TPSA) is 29.4 Å². The lowest BCUT2D eigenvalue weighted by Gasteiger charge is -1.87. The standard InChI is InChI=1S/C7H13NO/c1-2-3-4-5-6-7-8-9/h2-3H,4-7H2,1H3/b3-2-. The van der Waals surface area contributed by atoms with Crippen LogP contribution in [0.4, 0.5) is 0 Å². The van der Waals surface area contributed by atoms with Gasteiger partial charge in [-0.05, 0) is 26.2 Å². The van der Waals surface area contributed by atoms with Crippen LogP contribution in [0.5, 0.6) is 0 Å². The second kappa shape index (κ2) is 7.34. The summed E-state index contributed by atoms with van der Waals surface area (Å²) in [5, 5.41) is 2.76. The van der Waals surface area contributed by atoms with Crippen LogP contribution in [-0.4, -0.2) is 6.54 Å². The molecule has 9 heavy (non-hydrogen) atoms.